The van der Waals surface area contributed by atoms with Gasteiger partial charge in [-0.15, -0.1) is 0 Å². The van der Waals surface area contributed by atoms with Crippen LogP contribution in [0.25, 0.3) is 0 Å². The van der Waals surface area contributed by atoms with E-state index in [9.17, 15) is 4.79 Å². The van der Waals surface area contributed by atoms with Crippen molar-refractivity contribution in [1.29, 1.82) is 0 Å². The van der Waals surface area contributed by atoms with Gasteiger partial charge in [0.25, 0.3) is 0 Å². The van der Waals surface area contributed by atoms with Gasteiger partial charge in [-0.1, -0.05) is 19.3 Å². The molecule has 4 atom stereocenters. The van der Waals surface area contributed by atoms with Crippen LogP contribution in [0.4, 0.5) is 0 Å². The molecule has 0 radical (unpaired) electrons. The molecule has 0 aromatic carbocycles. The third kappa shape index (κ3) is 2.17. The molecule has 2 fully saturated rings. The molecule has 2 aliphatic carbocycles. The number of fused-ring (bicyclic) bond motifs is 1. The molecule has 0 aromatic heterocycles. The number of carboxylic acid groups (broad SMARTS) is 1. The lowest BCUT2D eigenvalue weighted by Crippen LogP contribution is -2.28. The molecule has 0 saturated heterocycles. The molecule has 2 saturated carbocycles. The van der Waals surface area contributed by atoms with Crippen LogP contribution in [0.5, 0.6) is 0 Å². The molecule has 0 aliphatic heterocycles. The van der Waals surface area contributed by atoms with Crippen LogP contribution < -0.4 is 5.73 Å². The number of rotatable bonds is 3. The van der Waals surface area contributed by atoms with Crippen LogP contribution >= 0.6 is 0 Å². The summed E-state index contributed by atoms with van der Waals surface area (Å²) in [6.45, 7) is 0.680. The van der Waals surface area contributed by atoms with Crippen molar-refractivity contribution in [3.8, 4) is 0 Å². The Hall–Kier alpha value is -0.570. The molecule has 0 spiro atoms. The van der Waals surface area contributed by atoms with Crippen molar-refractivity contribution in [2.75, 3.05) is 6.54 Å². The number of nitrogens with two attached hydrogens (primary N) is 1. The van der Waals surface area contributed by atoms with E-state index in [-0.39, 0.29) is 0 Å². The normalized spacial score (nSPS) is 40.1. The first-order valence-corrected chi connectivity index (χ1v) is 6.14. The van der Waals surface area contributed by atoms with E-state index in [2.05, 4.69) is 0 Å². The van der Waals surface area contributed by atoms with Gasteiger partial charge in [0.2, 0.25) is 0 Å². The highest BCUT2D eigenvalue weighted by atomic mass is 16.4. The Morgan fingerprint density at radius 1 is 1.33 bits per heavy atom. The summed E-state index contributed by atoms with van der Waals surface area (Å²) >= 11 is 0. The SMILES string of the molecule is NCC1C(CC(=O)O)CC2CCCCC21. The molecule has 0 heterocycles. The monoisotopic (exact) mass is 211 g/mol. The zero-order valence-corrected chi connectivity index (χ0v) is 9.19. The fourth-order valence-corrected chi connectivity index (χ4v) is 3.83. The van der Waals surface area contributed by atoms with E-state index >= 15 is 0 Å². The molecule has 0 bridgehead atoms. The number of hydrogen-bond donors (Lipinski definition) is 2. The van der Waals surface area contributed by atoms with E-state index in [1.54, 1.807) is 0 Å². The van der Waals surface area contributed by atoms with Gasteiger partial charge in [-0.05, 0) is 43.1 Å². The van der Waals surface area contributed by atoms with Gasteiger partial charge in [-0.2, -0.15) is 0 Å². The van der Waals surface area contributed by atoms with Crippen LogP contribution in [-0.4, -0.2) is 17.6 Å². The van der Waals surface area contributed by atoms with E-state index < -0.39 is 5.97 Å². The molecule has 0 amide bonds. The minimum absolute atomic E-state index is 0.328. The van der Waals surface area contributed by atoms with Gasteiger partial charge in [0.1, 0.15) is 0 Å². The molecular weight excluding hydrogens is 190 g/mol. The zero-order valence-electron chi connectivity index (χ0n) is 9.19. The Labute approximate surface area is 91.0 Å². The molecule has 3 nitrogen and oxygen atoms in total. The highest BCUT2D eigenvalue weighted by Gasteiger charge is 2.43. The largest absolute Gasteiger partial charge is 0.481 e. The van der Waals surface area contributed by atoms with Gasteiger partial charge in [0.15, 0.2) is 0 Å². The van der Waals surface area contributed by atoms with E-state index in [4.69, 9.17) is 10.8 Å². The van der Waals surface area contributed by atoms with E-state index in [1.165, 1.54) is 25.7 Å². The first-order valence-electron chi connectivity index (χ1n) is 6.14. The van der Waals surface area contributed by atoms with Gasteiger partial charge in [-0.25, -0.2) is 0 Å². The van der Waals surface area contributed by atoms with Gasteiger partial charge < -0.3 is 10.8 Å². The van der Waals surface area contributed by atoms with Crippen molar-refractivity contribution in [3.05, 3.63) is 0 Å². The first-order chi connectivity index (χ1) is 7.22. The van der Waals surface area contributed by atoms with Crippen LogP contribution in [0.1, 0.15) is 38.5 Å². The average Bonchev–Trinajstić information content (AvgIpc) is 2.53. The van der Waals surface area contributed by atoms with Crippen LogP contribution in [0.3, 0.4) is 0 Å². The second-order valence-electron chi connectivity index (χ2n) is 5.20. The topological polar surface area (TPSA) is 63.3 Å². The molecule has 4 unspecified atom stereocenters. The third-order valence-electron chi connectivity index (χ3n) is 4.44. The molecule has 3 heteroatoms. The Bertz CT molecular complexity index is 242. The van der Waals surface area contributed by atoms with Crippen molar-refractivity contribution in [2.45, 2.75) is 38.5 Å². The Morgan fingerprint density at radius 3 is 2.73 bits per heavy atom. The molecule has 2 aliphatic rings. The van der Waals surface area contributed by atoms with Crippen molar-refractivity contribution in [2.24, 2.45) is 29.4 Å². The van der Waals surface area contributed by atoms with E-state index in [0.717, 1.165) is 18.3 Å². The first kappa shape index (κ1) is 10.9. The quantitative estimate of drug-likeness (QED) is 0.749. The lowest BCUT2D eigenvalue weighted by atomic mass is 9.77. The second-order valence-corrected chi connectivity index (χ2v) is 5.20. The number of aliphatic carboxylic acids is 1. The summed E-state index contributed by atoms with van der Waals surface area (Å²) in [5, 5.41) is 8.88. The standard InChI is InChI=1S/C12H21NO2/c13-7-11-9(6-12(14)15)5-8-3-1-2-4-10(8)11/h8-11H,1-7,13H2,(H,14,15). The Balaban J connectivity index is 2.03. The third-order valence-corrected chi connectivity index (χ3v) is 4.44. The summed E-state index contributed by atoms with van der Waals surface area (Å²) in [7, 11) is 0. The Kier molecular flexibility index (Phi) is 3.29. The average molecular weight is 211 g/mol. The number of carboxylic acids is 1. The lowest BCUT2D eigenvalue weighted by molar-refractivity contribution is -0.138. The molecular formula is C12H21NO2. The maximum absolute atomic E-state index is 10.8. The number of carbonyl (C=O) groups is 1. The molecule has 3 N–H and O–H groups in total. The van der Waals surface area contributed by atoms with Crippen molar-refractivity contribution in [3.63, 3.8) is 0 Å². The van der Waals surface area contributed by atoms with E-state index in [1.807, 2.05) is 0 Å². The molecule has 0 aromatic rings. The Morgan fingerprint density at radius 2 is 2.07 bits per heavy atom. The maximum atomic E-state index is 10.8. The van der Waals surface area contributed by atoms with Crippen LogP contribution in [-0.2, 0) is 4.79 Å². The summed E-state index contributed by atoms with van der Waals surface area (Å²) in [6.07, 6.45) is 6.67. The lowest BCUT2D eigenvalue weighted by Gasteiger charge is -2.29. The molecule has 15 heavy (non-hydrogen) atoms. The second kappa shape index (κ2) is 4.52. The van der Waals surface area contributed by atoms with Gasteiger partial charge in [-0.3, -0.25) is 4.79 Å². The van der Waals surface area contributed by atoms with E-state index in [0.29, 0.717) is 24.8 Å². The van der Waals surface area contributed by atoms with Crippen molar-refractivity contribution >= 4 is 5.97 Å². The smallest absolute Gasteiger partial charge is 0.303 e. The fourth-order valence-electron chi connectivity index (χ4n) is 3.83. The fraction of sp³-hybridized carbons (Fsp3) is 0.917. The minimum atomic E-state index is -0.655. The van der Waals surface area contributed by atoms with Crippen molar-refractivity contribution < 1.29 is 9.90 Å². The molecule has 2 rings (SSSR count). The summed E-state index contributed by atoms with van der Waals surface area (Å²) in [6, 6.07) is 0. The highest BCUT2D eigenvalue weighted by Crippen LogP contribution is 2.49. The van der Waals surface area contributed by atoms with Crippen LogP contribution in [0.15, 0.2) is 0 Å². The van der Waals surface area contributed by atoms with Crippen molar-refractivity contribution in [1.82, 2.24) is 0 Å². The summed E-state index contributed by atoms with van der Waals surface area (Å²) in [5.74, 6) is 1.67. The highest BCUT2D eigenvalue weighted by molar-refractivity contribution is 5.67. The summed E-state index contributed by atoms with van der Waals surface area (Å²) in [4.78, 5) is 10.8. The predicted molar refractivity (Wildman–Crippen MR) is 58.4 cm³/mol. The van der Waals surface area contributed by atoms with Gasteiger partial charge in [0.05, 0.1) is 0 Å². The van der Waals surface area contributed by atoms with Gasteiger partial charge >= 0.3 is 5.97 Å². The maximum Gasteiger partial charge on any atom is 0.303 e. The minimum Gasteiger partial charge on any atom is -0.481 e. The molecule has 86 valence electrons. The van der Waals surface area contributed by atoms with Crippen LogP contribution in [0.2, 0.25) is 0 Å². The van der Waals surface area contributed by atoms with Gasteiger partial charge in [0, 0.05) is 6.42 Å². The van der Waals surface area contributed by atoms with Crippen LogP contribution in [0, 0.1) is 23.7 Å². The summed E-state index contributed by atoms with van der Waals surface area (Å²) in [5.41, 5.74) is 5.81. The summed E-state index contributed by atoms with van der Waals surface area (Å²) < 4.78 is 0. The number of hydrogen-bond acceptors (Lipinski definition) is 2. The predicted octanol–water partition coefficient (Wildman–Crippen LogP) is 1.86. The zero-order chi connectivity index (χ0) is 10.8.